The lowest BCUT2D eigenvalue weighted by atomic mass is 9.86. The maximum atomic E-state index is 12.8. The second-order valence-corrected chi connectivity index (χ2v) is 5.95. The zero-order chi connectivity index (χ0) is 17.8. The minimum absolute atomic E-state index is 0.111. The molecule has 0 spiro atoms. The van der Waals surface area contributed by atoms with Crippen LogP contribution in [0.5, 0.6) is 0 Å². The number of carbonyl (C=O) groups is 2. The lowest BCUT2D eigenvalue weighted by Gasteiger charge is -2.32. The van der Waals surface area contributed by atoms with E-state index in [0.717, 1.165) is 11.8 Å². The van der Waals surface area contributed by atoms with Crippen molar-refractivity contribution in [2.45, 2.75) is 18.8 Å². The van der Waals surface area contributed by atoms with E-state index in [0.29, 0.717) is 37.3 Å². The third-order valence-corrected chi connectivity index (χ3v) is 4.38. The first-order valence-corrected chi connectivity index (χ1v) is 8.04. The number of aromatic carboxylic acids is 1. The monoisotopic (exact) mass is 343 g/mol. The largest absolute Gasteiger partial charge is 0.478 e. The number of carbonyl (C=O) groups excluding carboxylic acids is 1. The number of carboxylic acid groups (broad SMARTS) is 1. The fraction of sp³-hybridized carbons (Fsp3) is 0.278. The summed E-state index contributed by atoms with van der Waals surface area (Å²) in [5, 5.41) is 12.0. The number of hydrogen-bond acceptors (Lipinski definition) is 3. The predicted molar refractivity (Wildman–Crippen MR) is 90.2 cm³/mol. The second kappa shape index (κ2) is 7.29. The van der Waals surface area contributed by atoms with Gasteiger partial charge in [0.25, 0.3) is 0 Å². The highest BCUT2D eigenvalue weighted by Gasteiger charge is 2.26. The van der Waals surface area contributed by atoms with Crippen molar-refractivity contribution in [1.82, 2.24) is 9.88 Å². The van der Waals surface area contributed by atoms with E-state index in [-0.39, 0.29) is 11.9 Å². The van der Waals surface area contributed by atoms with Gasteiger partial charge in [0, 0.05) is 13.1 Å². The smallest absolute Gasteiger partial charge is 0.335 e. The SMILES string of the molecule is O=C(O)c1ccccc1C1CCN(C(=O)Nc2ccc(F)cn2)CC1. The van der Waals surface area contributed by atoms with Crippen LogP contribution in [-0.2, 0) is 0 Å². The van der Waals surface area contributed by atoms with Crippen molar-refractivity contribution in [3.05, 3.63) is 59.5 Å². The van der Waals surface area contributed by atoms with Crippen LogP contribution in [-0.4, -0.2) is 40.1 Å². The Morgan fingerprint density at radius 1 is 1.16 bits per heavy atom. The number of rotatable bonds is 3. The van der Waals surface area contributed by atoms with E-state index in [9.17, 15) is 19.1 Å². The van der Waals surface area contributed by atoms with Crippen LogP contribution < -0.4 is 5.32 Å². The van der Waals surface area contributed by atoms with E-state index in [2.05, 4.69) is 10.3 Å². The van der Waals surface area contributed by atoms with E-state index in [4.69, 9.17) is 0 Å². The summed E-state index contributed by atoms with van der Waals surface area (Å²) in [6, 6.07) is 9.35. The molecule has 2 N–H and O–H groups in total. The second-order valence-electron chi connectivity index (χ2n) is 5.95. The van der Waals surface area contributed by atoms with Crippen LogP contribution in [0.4, 0.5) is 15.0 Å². The zero-order valence-electron chi connectivity index (χ0n) is 13.5. The van der Waals surface area contributed by atoms with E-state index < -0.39 is 11.8 Å². The normalized spacial score (nSPS) is 15.0. The van der Waals surface area contributed by atoms with Crippen LogP contribution in [0, 0.1) is 5.82 Å². The molecule has 1 aromatic heterocycles. The molecule has 2 aromatic rings. The molecule has 0 unspecified atom stereocenters. The van der Waals surface area contributed by atoms with Crippen LogP contribution >= 0.6 is 0 Å². The molecule has 2 amide bonds. The Hall–Kier alpha value is -2.96. The van der Waals surface area contributed by atoms with Crippen molar-refractivity contribution in [3.8, 4) is 0 Å². The molecule has 0 radical (unpaired) electrons. The van der Waals surface area contributed by atoms with Gasteiger partial charge in [-0.05, 0) is 42.5 Å². The number of halogens is 1. The highest BCUT2D eigenvalue weighted by Crippen LogP contribution is 2.30. The van der Waals surface area contributed by atoms with Gasteiger partial charge in [0.15, 0.2) is 0 Å². The molecule has 1 saturated heterocycles. The summed E-state index contributed by atoms with van der Waals surface area (Å²) < 4.78 is 12.8. The molecule has 0 bridgehead atoms. The third kappa shape index (κ3) is 3.93. The molecule has 3 rings (SSSR count). The first-order valence-electron chi connectivity index (χ1n) is 8.04. The Morgan fingerprint density at radius 3 is 2.52 bits per heavy atom. The number of benzene rings is 1. The first kappa shape index (κ1) is 16.9. The lowest BCUT2D eigenvalue weighted by Crippen LogP contribution is -2.40. The van der Waals surface area contributed by atoms with Crippen molar-refractivity contribution in [3.63, 3.8) is 0 Å². The Bertz CT molecular complexity index is 771. The Kier molecular flexibility index (Phi) is 4.92. The molecule has 1 aromatic carbocycles. The van der Waals surface area contributed by atoms with Crippen LogP contribution in [0.25, 0.3) is 0 Å². The number of anilines is 1. The molecule has 0 aliphatic carbocycles. The standard InChI is InChI=1S/C18H18FN3O3/c19-13-5-6-16(20-11-13)21-18(25)22-9-7-12(8-10-22)14-3-1-2-4-15(14)17(23)24/h1-6,11-12H,7-10H2,(H,23,24)(H,20,21,25). The van der Waals surface area contributed by atoms with Crippen molar-refractivity contribution in [2.24, 2.45) is 0 Å². The van der Waals surface area contributed by atoms with Crippen molar-refractivity contribution >= 4 is 17.8 Å². The van der Waals surface area contributed by atoms with Crippen LogP contribution in [0.3, 0.4) is 0 Å². The average molecular weight is 343 g/mol. The summed E-state index contributed by atoms with van der Waals surface area (Å²) in [6.45, 7) is 1.04. The van der Waals surface area contributed by atoms with Gasteiger partial charge in [0.2, 0.25) is 0 Å². The zero-order valence-corrected chi connectivity index (χ0v) is 13.5. The highest BCUT2D eigenvalue weighted by atomic mass is 19.1. The predicted octanol–water partition coefficient (Wildman–Crippen LogP) is 3.33. The molecule has 25 heavy (non-hydrogen) atoms. The van der Waals surface area contributed by atoms with Gasteiger partial charge >= 0.3 is 12.0 Å². The number of aromatic nitrogens is 1. The minimum Gasteiger partial charge on any atom is -0.478 e. The summed E-state index contributed by atoms with van der Waals surface area (Å²) in [7, 11) is 0. The van der Waals surface area contributed by atoms with E-state index in [1.54, 1.807) is 17.0 Å². The number of pyridine rings is 1. The lowest BCUT2D eigenvalue weighted by molar-refractivity contribution is 0.0694. The van der Waals surface area contributed by atoms with Crippen LogP contribution in [0.1, 0.15) is 34.7 Å². The number of nitrogens with zero attached hydrogens (tertiary/aromatic N) is 2. The van der Waals surface area contributed by atoms with Gasteiger partial charge in [-0.1, -0.05) is 18.2 Å². The van der Waals surface area contributed by atoms with Crippen molar-refractivity contribution in [1.29, 1.82) is 0 Å². The fourth-order valence-corrected chi connectivity index (χ4v) is 3.08. The molecule has 7 heteroatoms. The molecule has 6 nitrogen and oxygen atoms in total. The van der Waals surface area contributed by atoms with Crippen molar-refractivity contribution in [2.75, 3.05) is 18.4 Å². The maximum Gasteiger partial charge on any atom is 0.335 e. The minimum atomic E-state index is -0.932. The molecular weight excluding hydrogens is 325 g/mol. The molecular formula is C18H18FN3O3. The summed E-state index contributed by atoms with van der Waals surface area (Å²) in [5.41, 5.74) is 1.14. The number of piperidine rings is 1. The number of likely N-dealkylation sites (tertiary alicyclic amines) is 1. The van der Waals surface area contributed by atoms with Gasteiger partial charge in [-0.2, -0.15) is 0 Å². The number of nitrogens with one attached hydrogen (secondary N) is 1. The number of hydrogen-bond donors (Lipinski definition) is 2. The number of amides is 2. The quantitative estimate of drug-likeness (QED) is 0.895. The van der Waals surface area contributed by atoms with Crippen LogP contribution in [0.15, 0.2) is 42.6 Å². The average Bonchev–Trinajstić information content (AvgIpc) is 2.63. The molecule has 1 aliphatic rings. The van der Waals surface area contributed by atoms with Gasteiger partial charge in [0.05, 0.1) is 11.8 Å². The summed E-state index contributed by atoms with van der Waals surface area (Å²) in [6.07, 6.45) is 2.42. The number of carboxylic acids is 1. The molecule has 1 aliphatic heterocycles. The Balaban J connectivity index is 1.61. The van der Waals surface area contributed by atoms with E-state index in [1.165, 1.54) is 12.1 Å². The molecule has 2 heterocycles. The Labute approximate surface area is 144 Å². The summed E-state index contributed by atoms with van der Waals surface area (Å²) in [4.78, 5) is 29.1. The van der Waals surface area contributed by atoms with Gasteiger partial charge < -0.3 is 10.0 Å². The van der Waals surface area contributed by atoms with Gasteiger partial charge in [-0.25, -0.2) is 19.0 Å². The fourth-order valence-electron chi connectivity index (χ4n) is 3.08. The molecule has 0 saturated carbocycles. The topological polar surface area (TPSA) is 82.5 Å². The van der Waals surface area contributed by atoms with Gasteiger partial charge in [-0.15, -0.1) is 0 Å². The summed E-state index contributed by atoms with van der Waals surface area (Å²) in [5.74, 6) is -0.987. The number of urea groups is 1. The molecule has 130 valence electrons. The third-order valence-electron chi connectivity index (χ3n) is 4.38. The molecule has 1 fully saturated rings. The maximum absolute atomic E-state index is 12.8. The Morgan fingerprint density at radius 2 is 1.88 bits per heavy atom. The molecule has 0 atom stereocenters. The van der Waals surface area contributed by atoms with Gasteiger partial charge in [0.1, 0.15) is 11.6 Å². The van der Waals surface area contributed by atoms with Crippen LogP contribution in [0.2, 0.25) is 0 Å². The van der Waals surface area contributed by atoms with E-state index in [1.807, 2.05) is 12.1 Å². The van der Waals surface area contributed by atoms with Gasteiger partial charge in [-0.3, -0.25) is 5.32 Å². The van der Waals surface area contributed by atoms with E-state index >= 15 is 0 Å². The first-order chi connectivity index (χ1) is 12.0. The van der Waals surface area contributed by atoms with Crippen molar-refractivity contribution < 1.29 is 19.1 Å². The highest BCUT2D eigenvalue weighted by molar-refractivity contribution is 5.90. The summed E-state index contributed by atoms with van der Waals surface area (Å²) >= 11 is 0.